The van der Waals surface area contributed by atoms with E-state index in [-0.39, 0.29) is 17.7 Å². The Hall–Kier alpha value is -1.36. The lowest BCUT2D eigenvalue weighted by atomic mass is 9.92. The highest BCUT2D eigenvalue weighted by Gasteiger charge is 2.47. The van der Waals surface area contributed by atoms with E-state index in [0.717, 1.165) is 28.8 Å². The summed E-state index contributed by atoms with van der Waals surface area (Å²) in [5, 5.41) is 11.2. The van der Waals surface area contributed by atoms with Crippen LogP contribution in [0, 0.1) is 31.6 Å². The summed E-state index contributed by atoms with van der Waals surface area (Å²) in [6.45, 7) is 4.94. The van der Waals surface area contributed by atoms with Gasteiger partial charge in [-0.25, -0.2) is 0 Å². The molecular weight excluding hydrogens is 274 g/mol. The number of carbonyl (C=O) groups is 2. The van der Waals surface area contributed by atoms with Gasteiger partial charge in [-0.2, -0.15) is 0 Å². The molecule has 1 aliphatic heterocycles. The first kappa shape index (κ1) is 13.6. The Labute approximate surface area is 122 Å². The van der Waals surface area contributed by atoms with Crippen molar-refractivity contribution < 1.29 is 14.7 Å². The zero-order valence-corrected chi connectivity index (χ0v) is 12.6. The average Bonchev–Trinajstić information content (AvgIpc) is 3.07. The molecule has 0 bridgehead atoms. The summed E-state index contributed by atoms with van der Waals surface area (Å²) in [5.41, 5.74) is 1.77. The van der Waals surface area contributed by atoms with Crippen LogP contribution in [0.3, 0.4) is 0 Å². The minimum Gasteiger partial charge on any atom is -0.481 e. The van der Waals surface area contributed by atoms with Crippen molar-refractivity contribution in [1.82, 2.24) is 4.90 Å². The van der Waals surface area contributed by atoms with Gasteiger partial charge in [-0.05, 0) is 44.1 Å². The largest absolute Gasteiger partial charge is 0.481 e. The zero-order chi connectivity index (χ0) is 14.4. The van der Waals surface area contributed by atoms with E-state index in [9.17, 15) is 14.7 Å². The Balaban J connectivity index is 1.79. The molecule has 1 saturated heterocycles. The van der Waals surface area contributed by atoms with Gasteiger partial charge in [0.15, 0.2) is 0 Å². The monoisotopic (exact) mass is 293 g/mol. The highest BCUT2D eigenvalue weighted by atomic mass is 32.1. The number of carboxylic acid groups (broad SMARTS) is 1. The summed E-state index contributed by atoms with van der Waals surface area (Å²) in [6.07, 6.45) is 2.24. The quantitative estimate of drug-likeness (QED) is 0.931. The highest BCUT2D eigenvalue weighted by molar-refractivity contribution is 7.10. The van der Waals surface area contributed by atoms with Crippen molar-refractivity contribution in [3.05, 3.63) is 21.4 Å². The molecule has 0 radical (unpaired) electrons. The Bertz CT molecular complexity index is 561. The summed E-state index contributed by atoms with van der Waals surface area (Å²) in [4.78, 5) is 26.9. The SMILES string of the molecule is Cc1scc(C(=O)N2C[C@H](C(=O)O)[C@@H](C3CC3)C2)c1C. The Kier molecular flexibility index (Phi) is 3.32. The van der Waals surface area contributed by atoms with Crippen LogP contribution in [0.5, 0.6) is 0 Å². The van der Waals surface area contributed by atoms with Crippen molar-refractivity contribution in [3.63, 3.8) is 0 Å². The molecule has 0 unspecified atom stereocenters. The predicted molar refractivity (Wildman–Crippen MR) is 77.0 cm³/mol. The van der Waals surface area contributed by atoms with Gasteiger partial charge in [0.05, 0.1) is 11.5 Å². The van der Waals surface area contributed by atoms with E-state index >= 15 is 0 Å². The Morgan fingerprint density at radius 2 is 2.00 bits per heavy atom. The number of carboxylic acids is 1. The van der Waals surface area contributed by atoms with Crippen LogP contribution in [-0.2, 0) is 4.79 Å². The number of amides is 1. The highest BCUT2D eigenvalue weighted by Crippen LogP contribution is 2.44. The van der Waals surface area contributed by atoms with E-state index in [1.54, 1.807) is 16.2 Å². The van der Waals surface area contributed by atoms with Gasteiger partial charge in [0.25, 0.3) is 5.91 Å². The van der Waals surface area contributed by atoms with E-state index < -0.39 is 5.97 Å². The van der Waals surface area contributed by atoms with E-state index in [4.69, 9.17) is 0 Å². The molecule has 1 aromatic heterocycles. The third-order valence-corrected chi connectivity index (χ3v) is 5.73. The molecule has 1 N–H and O–H groups in total. The Morgan fingerprint density at radius 1 is 1.30 bits per heavy atom. The maximum atomic E-state index is 12.6. The number of carbonyl (C=O) groups excluding carboxylic acids is 1. The molecule has 5 heteroatoms. The van der Waals surface area contributed by atoms with E-state index in [1.807, 2.05) is 19.2 Å². The molecule has 3 rings (SSSR count). The minimum atomic E-state index is -0.754. The standard InChI is InChI=1S/C15H19NO3S/c1-8-9(2)20-7-13(8)14(17)16-5-11(10-3-4-10)12(6-16)15(18)19/h7,10-12H,3-6H2,1-2H3,(H,18,19)/t11-,12+/m1/s1. The Morgan fingerprint density at radius 3 is 2.50 bits per heavy atom. The molecule has 20 heavy (non-hydrogen) atoms. The predicted octanol–water partition coefficient (Wildman–Crippen LogP) is 2.55. The lowest BCUT2D eigenvalue weighted by Gasteiger charge is -2.16. The summed E-state index contributed by atoms with van der Waals surface area (Å²) in [7, 11) is 0. The van der Waals surface area contributed by atoms with Crippen LogP contribution in [0.25, 0.3) is 0 Å². The second kappa shape index (κ2) is 4.88. The topological polar surface area (TPSA) is 57.6 Å². The number of aliphatic carboxylic acids is 1. The van der Waals surface area contributed by atoms with Crippen LogP contribution in [0.2, 0.25) is 0 Å². The summed E-state index contributed by atoms with van der Waals surface area (Å²) >= 11 is 1.58. The van der Waals surface area contributed by atoms with E-state index in [1.165, 1.54) is 0 Å². The molecule has 0 spiro atoms. The number of hydrogen-bond acceptors (Lipinski definition) is 3. The summed E-state index contributed by atoms with van der Waals surface area (Å²) in [5.74, 6) is -0.473. The third-order valence-electron chi connectivity index (χ3n) is 4.71. The lowest BCUT2D eigenvalue weighted by molar-refractivity contribution is -0.142. The average molecular weight is 293 g/mol. The number of nitrogens with zero attached hydrogens (tertiary/aromatic N) is 1. The molecular formula is C15H19NO3S. The molecule has 1 saturated carbocycles. The molecule has 1 amide bonds. The van der Waals surface area contributed by atoms with Crippen LogP contribution in [0.1, 0.15) is 33.6 Å². The summed E-state index contributed by atoms with van der Waals surface area (Å²) in [6, 6.07) is 0. The molecule has 1 aromatic rings. The smallest absolute Gasteiger partial charge is 0.308 e. The van der Waals surface area contributed by atoms with E-state index in [0.29, 0.717) is 19.0 Å². The molecule has 4 nitrogen and oxygen atoms in total. The maximum Gasteiger partial charge on any atom is 0.308 e. The van der Waals surface area contributed by atoms with Gasteiger partial charge in [0.1, 0.15) is 0 Å². The van der Waals surface area contributed by atoms with Gasteiger partial charge in [0.2, 0.25) is 0 Å². The molecule has 108 valence electrons. The van der Waals surface area contributed by atoms with Gasteiger partial charge in [-0.3, -0.25) is 9.59 Å². The maximum absolute atomic E-state index is 12.6. The number of hydrogen-bond donors (Lipinski definition) is 1. The lowest BCUT2D eigenvalue weighted by Crippen LogP contribution is -2.30. The van der Waals surface area contributed by atoms with Gasteiger partial charge in [-0.1, -0.05) is 0 Å². The fraction of sp³-hybridized carbons (Fsp3) is 0.600. The normalized spacial score (nSPS) is 26.0. The van der Waals surface area contributed by atoms with Gasteiger partial charge in [-0.15, -0.1) is 11.3 Å². The van der Waals surface area contributed by atoms with Crippen molar-refractivity contribution in [2.75, 3.05) is 13.1 Å². The first-order chi connectivity index (χ1) is 9.49. The van der Waals surface area contributed by atoms with E-state index in [2.05, 4.69) is 0 Å². The molecule has 2 atom stereocenters. The van der Waals surface area contributed by atoms with Crippen LogP contribution < -0.4 is 0 Å². The summed E-state index contributed by atoms with van der Waals surface area (Å²) < 4.78 is 0. The van der Waals surface area contributed by atoms with Crippen molar-refractivity contribution in [3.8, 4) is 0 Å². The van der Waals surface area contributed by atoms with Crippen LogP contribution >= 0.6 is 11.3 Å². The van der Waals surface area contributed by atoms with Crippen LogP contribution in [0.15, 0.2) is 5.38 Å². The van der Waals surface area contributed by atoms with Gasteiger partial charge >= 0.3 is 5.97 Å². The van der Waals surface area contributed by atoms with Gasteiger partial charge < -0.3 is 10.0 Å². The number of aryl methyl sites for hydroxylation is 1. The second-order valence-corrected chi connectivity index (χ2v) is 7.07. The number of thiophene rings is 1. The van der Waals surface area contributed by atoms with Crippen molar-refractivity contribution >= 4 is 23.2 Å². The minimum absolute atomic E-state index is 0.00116. The number of rotatable bonds is 3. The molecule has 2 aliphatic rings. The second-order valence-electron chi connectivity index (χ2n) is 5.99. The fourth-order valence-corrected chi connectivity index (χ4v) is 4.01. The number of likely N-dealkylation sites (tertiary alicyclic amines) is 1. The van der Waals surface area contributed by atoms with Crippen molar-refractivity contribution in [2.24, 2.45) is 17.8 Å². The van der Waals surface area contributed by atoms with Gasteiger partial charge in [0, 0.05) is 23.3 Å². The molecule has 0 aromatic carbocycles. The van der Waals surface area contributed by atoms with Crippen LogP contribution in [-0.4, -0.2) is 35.0 Å². The van der Waals surface area contributed by atoms with Crippen molar-refractivity contribution in [2.45, 2.75) is 26.7 Å². The molecule has 2 fully saturated rings. The first-order valence-corrected chi connectivity index (χ1v) is 7.93. The first-order valence-electron chi connectivity index (χ1n) is 7.05. The zero-order valence-electron chi connectivity index (χ0n) is 11.8. The van der Waals surface area contributed by atoms with Crippen molar-refractivity contribution in [1.29, 1.82) is 0 Å². The molecule has 1 aliphatic carbocycles. The molecule has 2 heterocycles. The third kappa shape index (κ3) is 2.24. The fourth-order valence-electron chi connectivity index (χ4n) is 3.15. The van der Waals surface area contributed by atoms with Crippen LogP contribution in [0.4, 0.5) is 0 Å².